The van der Waals surface area contributed by atoms with Crippen LogP contribution in [-0.4, -0.2) is 55.7 Å². The smallest absolute Gasteiger partial charge is 0.394 e. The number of aliphatic imine (C=N–C) groups is 1. The molecule has 0 amide bonds. The Balaban J connectivity index is 2.29. The SMILES string of the molecule is COC1=NC(CC(Cc2nc(C(=O)O)co2)O[Si](C)(C)C(C)(C)C)C(C(F)(F)F)C1. The quantitative estimate of drug-likeness (QED) is 0.606. The molecule has 1 aliphatic heterocycles. The maximum Gasteiger partial charge on any atom is 0.394 e. The maximum absolute atomic E-state index is 13.6. The minimum absolute atomic E-state index is 0.00562. The molecule has 11 heteroatoms. The van der Waals surface area contributed by atoms with E-state index in [1.165, 1.54) is 7.11 Å². The third-order valence-corrected chi connectivity index (χ3v) is 10.3. The molecule has 0 aromatic carbocycles. The van der Waals surface area contributed by atoms with E-state index in [1.807, 2.05) is 33.9 Å². The standard InChI is InChI=1S/C19H29F3N2O5Si/c1-18(2,3)30(5,6)29-11(8-16-24-14(10-28-16)17(25)26)7-13-12(19(20,21)22)9-15(23-13)27-4/h10-13H,7-9H2,1-6H3,(H,25,26). The van der Waals surface area contributed by atoms with Gasteiger partial charge in [0.15, 0.2) is 25.8 Å². The lowest BCUT2D eigenvalue weighted by molar-refractivity contribution is -0.177. The molecule has 1 aromatic heterocycles. The van der Waals surface area contributed by atoms with Crippen LogP contribution >= 0.6 is 0 Å². The number of halogens is 3. The van der Waals surface area contributed by atoms with E-state index < -0.39 is 38.5 Å². The molecule has 170 valence electrons. The van der Waals surface area contributed by atoms with Crippen molar-refractivity contribution in [2.24, 2.45) is 10.9 Å². The Morgan fingerprint density at radius 3 is 2.47 bits per heavy atom. The summed E-state index contributed by atoms with van der Waals surface area (Å²) in [5.41, 5.74) is -0.259. The molecule has 0 bridgehead atoms. The number of methoxy groups -OCH3 is 1. The number of aromatic nitrogens is 1. The Labute approximate surface area is 174 Å². The van der Waals surface area contributed by atoms with E-state index in [0.717, 1.165) is 6.26 Å². The monoisotopic (exact) mass is 450 g/mol. The summed E-state index contributed by atoms with van der Waals surface area (Å²) >= 11 is 0. The van der Waals surface area contributed by atoms with Gasteiger partial charge in [-0.1, -0.05) is 20.8 Å². The molecule has 2 rings (SSSR count). The number of alkyl halides is 3. The molecule has 0 saturated carbocycles. The van der Waals surface area contributed by atoms with Crippen LogP contribution in [0.5, 0.6) is 0 Å². The summed E-state index contributed by atoms with van der Waals surface area (Å²) in [4.78, 5) is 19.1. The van der Waals surface area contributed by atoms with Crippen LogP contribution in [0.25, 0.3) is 0 Å². The second-order valence-corrected chi connectivity index (χ2v) is 13.8. The number of ether oxygens (including phenoxy) is 1. The highest BCUT2D eigenvalue weighted by molar-refractivity contribution is 6.74. The number of carboxylic acid groups (broad SMARTS) is 1. The Hall–Kier alpha value is -1.88. The van der Waals surface area contributed by atoms with Gasteiger partial charge < -0.3 is 18.7 Å². The summed E-state index contributed by atoms with van der Waals surface area (Å²) in [6.07, 6.45) is -4.33. The number of carboxylic acids is 1. The Kier molecular flexibility index (Phi) is 7.07. The molecule has 3 atom stereocenters. The average molecular weight is 451 g/mol. The Morgan fingerprint density at radius 2 is 2.00 bits per heavy atom. The zero-order valence-corrected chi connectivity index (χ0v) is 19.0. The normalized spacial score (nSPS) is 21.4. The number of rotatable bonds is 7. The molecule has 1 aliphatic rings. The van der Waals surface area contributed by atoms with Gasteiger partial charge in [-0.3, -0.25) is 4.99 Å². The van der Waals surface area contributed by atoms with Crippen molar-refractivity contribution < 1.29 is 36.7 Å². The van der Waals surface area contributed by atoms with Gasteiger partial charge in [0.1, 0.15) is 6.26 Å². The highest BCUT2D eigenvalue weighted by atomic mass is 28.4. The van der Waals surface area contributed by atoms with E-state index >= 15 is 0 Å². The van der Waals surface area contributed by atoms with Gasteiger partial charge in [0.2, 0.25) is 0 Å². The van der Waals surface area contributed by atoms with Crippen molar-refractivity contribution in [3.8, 4) is 0 Å². The van der Waals surface area contributed by atoms with E-state index in [9.17, 15) is 18.0 Å². The van der Waals surface area contributed by atoms with Gasteiger partial charge in [0, 0.05) is 12.8 Å². The molecule has 30 heavy (non-hydrogen) atoms. The summed E-state index contributed by atoms with van der Waals surface area (Å²) < 4.78 is 57.3. The molecule has 0 aliphatic carbocycles. The van der Waals surface area contributed by atoms with Crippen molar-refractivity contribution in [3.05, 3.63) is 17.8 Å². The summed E-state index contributed by atoms with van der Waals surface area (Å²) in [6.45, 7) is 10.1. The molecule has 1 aromatic rings. The van der Waals surface area contributed by atoms with Crippen LogP contribution in [0.15, 0.2) is 15.7 Å². The fourth-order valence-electron chi connectivity index (χ4n) is 3.07. The van der Waals surface area contributed by atoms with Crippen LogP contribution in [0.2, 0.25) is 18.1 Å². The molecule has 0 saturated heterocycles. The lowest BCUT2D eigenvalue weighted by Gasteiger charge is -2.39. The summed E-state index contributed by atoms with van der Waals surface area (Å²) in [7, 11) is -1.04. The summed E-state index contributed by atoms with van der Waals surface area (Å²) in [6, 6.07) is -1.05. The second kappa shape index (κ2) is 8.70. The van der Waals surface area contributed by atoms with Gasteiger partial charge in [-0.15, -0.1) is 0 Å². The van der Waals surface area contributed by atoms with Crippen LogP contribution < -0.4 is 0 Å². The predicted molar refractivity (Wildman–Crippen MR) is 106 cm³/mol. The molecule has 0 radical (unpaired) electrons. The van der Waals surface area contributed by atoms with Crippen molar-refractivity contribution in [1.29, 1.82) is 0 Å². The van der Waals surface area contributed by atoms with Gasteiger partial charge in [0.25, 0.3) is 0 Å². The first-order chi connectivity index (χ1) is 13.6. The van der Waals surface area contributed by atoms with Gasteiger partial charge in [-0.05, 0) is 24.6 Å². The third-order valence-electron chi connectivity index (χ3n) is 5.77. The number of carbonyl (C=O) groups is 1. The minimum atomic E-state index is -4.42. The van der Waals surface area contributed by atoms with Crippen LogP contribution in [0.1, 0.15) is 50.0 Å². The van der Waals surface area contributed by atoms with Crippen molar-refractivity contribution in [2.45, 2.75) is 76.5 Å². The first-order valence-corrected chi connectivity index (χ1v) is 12.6. The Morgan fingerprint density at radius 1 is 1.37 bits per heavy atom. The van der Waals surface area contributed by atoms with Crippen molar-refractivity contribution in [2.75, 3.05) is 7.11 Å². The van der Waals surface area contributed by atoms with Crippen LogP contribution in [0.3, 0.4) is 0 Å². The van der Waals surface area contributed by atoms with Gasteiger partial charge >= 0.3 is 12.1 Å². The van der Waals surface area contributed by atoms with E-state index in [2.05, 4.69) is 9.98 Å². The molecule has 2 heterocycles. The average Bonchev–Trinajstić information content (AvgIpc) is 3.19. The molecule has 0 fully saturated rings. The van der Waals surface area contributed by atoms with E-state index in [0.29, 0.717) is 0 Å². The summed E-state index contributed by atoms with van der Waals surface area (Å²) in [5, 5.41) is 8.86. The first kappa shape index (κ1) is 24.4. The van der Waals surface area contributed by atoms with Crippen LogP contribution in [0.4, 0.5) is 13.2 Å². The molecular formula is C19H29F3N2O5Si. The van der Waals surface area contributed by atoms with Gasteiger partial charge in [-0.2, -0.15) is 13.2 Å². The van der Waals surface area contributed by atoms with Gasteiger partial charge in [-0.25, -0.2) is 9.78 Å². The molecule has 0 spiro atoms. The maximum atomic E-state index is 13.6. The summed E-state index contributed by atoms with van der Waals surface area (Å²) in [5.74, 6) is -2.72. The largest absolute Gasteiger partial charge is 0.484 e. The van der Waals surface area contributed by atoms with Crippen LogP contribution in [-0.2, 0) is 15.6 Å². The van der Waals surface area contributed by atoms with Crippen LogP contribution in [0, 0.1) is 5.92 Å². The Bertz CT molecular complexity index is 786. The highest BCUT2D eigenvalue weighted by Gasteiger charge is 2.50. The zero-order valence-electron chi connectivity index (χ0n) is 18.0. The first-order valence-electron chi connectivity index (χ1n) is 9.67. The zero-order chi connectivity index (χ0) is 22.9. The number of aromatic carboxylic acids is 1. The fraction of sp³-hybridized carbons (Fsp3) is 0.737. The lowest BCUT2D eigenvalue weighted by Crippen LogP contribution is -2.46. The third kappa shape index (κ3) is 5.84. The lowest BCUT2D eigenvalue weighted by atomic mass is 9.93. The number of hydrogen-bond donors (Lipinski definition) is 1. The number of hydrogen-bond acceptors (Lipinski definition) is 6. The van der Waals surface area contributed by atoms with E-state index in [4.69, 9.17) is 18.7 Å². The minimum Gasteiger partial charge on any atom is -0.484 e. The van der Waals surface area contributed by atoms with Crippen molar-refractivity contribution in [3.63, 3.8) is 0 Å². The fourth-order valence-corrected chi connectivity index (χ4v) is 4.44. The molecule has 3 unspecified atom stereocenters. The van der Waals surface area contributed by atoms with E-state index in [1.54, 1.807) is 0 Å². The van der Waals surface area contributed by atoms with Gasteiger partial charge in [0.05, 0.1) is 25.2 Å². The topological polar surface area (TPSA) is 94.2 Å². The highest BCUT2D eigenvalue weighted by Crippen LogP contribution is 2.41. The number of nitrogens with zero attached hydrogens (tertiary/aromatic N) is 2. The molecular weight excluding hydrogens is 421 g/mol. The predicted octanol–water partition coefficient (Wildman–Crippen LogP) is 4.69. The molecule has 7 nitrogen and oxygen atoms in total. The van der Waals surface area contributed by atoms with Crippen molar-refractivity contribution in [1.82, 2.24) is 4.98 Å². The number of oxazole rings is 1. The van der Waals surface area contributed by atoms with E-state index in [-0.39, 0.29) is 41.8 Å². The molecule has 1 N–H and O–H groups in total. The van der Waals surface area contributed by atoms with Crippen molar-refractivity contribution >= 4 is 20.2 Å². The second-order valence-electron chi connectivity index (χ2n) is 9.02.